The van der Waals surface area contributed by atoms with E-state index in [-0.39, 0.29) is 0 Å². The van der Waals surface area contributed by atoms with Gasteiger partial charge in [-0.05, 0) is 35.9 Å². The molecule has 0 aliphatic rings. The van der Waals surface area contributed by atoms with Crippen LogP contribution in [-0.4, -0.2) is 5.16 Å². The summed E-state index contributed by atoms with van der Waals surface area (Å²) in [5, 5.41) is 5.07. The first-order valence-corrected chi connectivity index (χ1v) is 7.57. The Morgan fingerprint density at radius 1 is 1.00 bits per heavy atom. The van der Waals surface area contributed by atoms with Gasteiger partial charge in [-0.25, -0.2) is 0 Å². The van der Waals surface area contributed by atoms with E-state index in [2.05, 4.69) is 21.1 Å². The fourth-order valence-electron chi connectivity index (χ4n) is 2.11. The van der Waals surface area contributed by atoms with Crippen molar-refractivity contribution in [2.45, 2.75) is 0 Å². The highest BCUT2D eigenvalue weighted by Crippen LogP contribution is 2.39. The molecule has 3 nitrogen and oxygen atoms in total. The average molecular weight is 384 g/mol. The lowest BCUT2D eigenvalue weighted by Gasteiger charge is -2.04. The summed E-state index contributed by atoms with van der Waals surface area (Å²) in [6, 6.07) is 12.8. The van der Waals surface area contributed by atoms with Crippen LogP contribution in [0.25, 0.3) is 22.5 Å². The van der Waals surface area contributed by atoms with Crippen LogP contribution in [0.5, 0.6) is 0 Å². The zero-order chi connectivity index (χ0) is 15.0. The molecule has 106 valence electrons. The van der Waals surface area contributed by atoms with Crippen LogP contribution in [0.3, 0.4) is 0 Å². The molecule has 0 bridgehead atoms. The Hall–Kier alpha value is -1.49. The zero-order valence-corrected chi connectivity index (χ0v) is 13.7. The summed E-state index contributed by atoms with van der Waals surface area (Å²) in [4.78, 5) is 0. The van der Waals surface area contributed by atoms with Crippen LogP contribution >= 0.6 is 39.1 Å². The molecule has 3 aromatic rings. The minimum Gasteiger partial charge on any atom is -0.380 e. The molecule has 2 N–H and O–H groups in total. The molecule has 2 aromatic carbocycles. The van der Waals surface area contributed by atoms with E-state index in [1.165, 1.54) is 0 Å². The molecule has 0 amide bonds. The van der Waals surface area contributed by atoms with E-state index in [9.17, 15) is 0 Å². The molecule has 1 aromatic heterocycles. The molecule has 0 spiro atoms. The number of halogens is 3. The van der Waals surface area contributed by atoms with Gasteiger partial charge in [0.15, 0.2) is 11.6 Å². The molecular formula is C15H9BrCl2N2O. The van der Waals surface area contributed by atoms with Gasteiger partial charge < -0.3 is 10.3 Å². The van der Waals surface area contributed by atoms with Crippen molar-refractivity contribution in [1.82, 2.24) is 5.16 Å². The number of hydrogen-bond donors (Lipinski definition) is 1. The highest BCUT2D eigenvalue weighted by molar-refractivity contribution is 9.10. The molecule has 0 radical (unpaired) electrons. The van der Waals surface area contributed by atoms with Crippen LogP contribution in [0.2, 0.25) is 10.0 Å². The Balaban J connectivity index is 2.21. The first-order chi connectivity index (χ1) is 10.0. The first kappa shape index (κ1) is 14.4. The molecule has 0 saturated carbocycles. The van der Waals surface area contributed by atoms with Crippen molar-refractivity contribution in [3.63, 3.8) is 0 Å². The number of hydrogen-bond acceptors (Lipinski definition) is 3. The second-order valence-electron chi connectivity index (χ2n) is 4.44. The summed E-state index contributed by atoms with van der Waals surface area (Å²) >= 11 is 15.5. The molecule has 6 heteroatoms. The van der Waals surface area contributed by atoms with Gasteiger partial charge in [-0.15, -0.1) is 0 Å². The number of nitrogens with zero attached hydrogens (tertiary/aromatic N) is 1. The van der Waals surface area contributed by atoms with E-state index in [4.69, 9.17) is 33.5 Å². The Morgan fingerprint density at radius 3 is 2.48 bits per heavy atom. The van der Waals surface area contributed by atoms with Crippen LogP contribution in [-0.2, 0) is 0 Å². The number of aromatic nitrogens is 1. The van der Waals surface area contributed by atoms with Gasteiger partial charge in [0.1, 0.15) is 0 Å². The number of nitrogens with two attached hydrogens (primary N) is 1. The van der Waals surface area contributed by atoms with Crippen molar-refractivity contribution in [2.24, 2.45) is 0 Å². The standard InChI is InChI=1S/C15H9BrCl2N2O/c16-10-4-9(6-12(18)7-10)14-13(15(19)20-21-14)8-2-1-3-11(17)5-8/h1-7H,(H2,19,20). The second kappa shape index (κ2) is 5.72. The van der Waals surface area contributed by atoms with Gasteiger partial charge in [-0.1, -0.05) is 56.4 Å². The van der Waals surface area contributed by atoms with E-state index >= 15 is 0 Å². The third-order valence-corrected chi connectivity index (χ3v) is 3.87. The van der Waals surface area contributed by atoms with E-state index < -0.39 is 0 Å². The molecule has 3 rings (SSSR count). The Kier molecular flexibility index (Phi) is 3.93. The van der Waals surface area contributed by atoms with Gasteiger partial charge >= 0.3 is 0 Å². The van der Waals surface area contributed by atoms with E-state index in [1.54, 1.807) is 18.2 Å². The van der Waals surface area contributed by atoms with Gasteiger partial charge in [-0.3, -0.25) is 0 Å². The summed E-state index contributed by atoms with van der Waals surface area (Å²) in [6.07, 6.45) is 0. The molecule has 0 unspecified atom stereocenters. The van der Waals surface area contributed by atoms with Crippen molar-refractivity contribution in [2.75, 3.05) is 5.73 Å². The molecule has 0 atom stereocenters. The van der Waals surface area contributed by atoms with Crippen LogP contribution in [0.4, 0.5) is 5.82 Å². The topological polar surface area (TPSA) is 52.0 Å². The minimum atomic E-state index is 0.309. The molecular weight excluding hydrogens is 375 g/mol. The lowest BCUT2D eigenvalue weighted by molar-refractivity contribution is 0.436. The third-order valence-electron chi connectivity index (χ3n) is 2.96. The fraction of sp³-hybridized carbons (Fsp3) is 0. The largest absolute Gasteiger partial charge is 0.380 e. The third kappa shape index (κ3) is 2.93. The zero-order valence-electron chi connectivity index (χ0n) is 10.6. The summed E-state index contributed by atoms with van der Waals surface area (Å²) in [5.74, 6) is 0.862. The summed E-state index contributed by atoms with van der Waals surface area (Å²) in [5.41, 5.74) is 8.27. The predicted octanol–water partition coefficient (Wildman–Crippen LogP) is 5.66. The van der Waals surface area contributed by atoms with Crippen LogP contribution in [0.1, 0.15) is 0 Å². The van der Waals surface area contributed by atoms with Gasteiger partial charge in [0.05, 0.1) is 5.56 Å². The monoisotopic (exact) mass is 382 g/mol. The van der Waals surface area contributed by atoms with Crippen molar-refractivity contribution in [3.05, 3.63) is 57.0 Å². The SMILES string of the molecule is Nc1noc(-c2cc(Cl)cc(Br)c2)c1-c1cccc(Cl)c1. The van der Waals surface area contributed by atoms with Gasteiger partial charge in [0.2, 0.25) is 0 Å². The lowest BCUT2D eigenvalue weighted by atomic mass is 10.0. The predicted molar refractivity (Wildman–Crippen MR) is 89.5 cm³/mol. The maximum absolute atomic E-state index is 6.09. The number of nitrogen functional groups attached to an aromatic ring is 1. The van der Waals surface area contributed by atoms with E-state index in [0.717, 1.165) is 15.6 Å². The number of anilines is 1. The smallest absolute Gasteiger partial charge is 0.177 e. The van der Waals surface area contributed by atoms with Crippen molar-refractivity contribution in [1.29, 1.82) is 0 Å². The van der Waals surface area contributed by atoms with Crippen molar-refractivity contribution in [3.8, 4) is 22.5 Å². The molecule has 21 heavy (non-hydrogen) atoms. The lowest BCUT2D eigenvalue weighted by Crippen LogP contribution is -1.89. The quantitative estimate of drug-likeness (QED) is 0.621. The molecule has 1 heterocycles. The summed E-state index contributed by atoms with van der Waals surface area (Å²) < 4.78 is 6.23. The second-order valence-corrected chi connectivity index (χ2v) is 6.23. The van der Waals surface area contributed by atoms with Crippen LogP contribution in [0, 0.1) is 0 Å². The van der Waals surface area contributed by atoms with Crippen molar-refractivity contribution >= 4 is 44.9 Å². The fourth-order valence-corrected chi connectivity index (χ4v) is 3.16. The average Bonchev–Trinajstić information content (AvgIpc) is 2.79. The van der Waals surface area contributed by atoms with E-state index in [1.807, 2.05) is 24.3 Å². The van der Waals surface area contributed by atoms with Crippen LogP contribution < -0.4 is 5.73 Å². The van der Waals surface area contributed by atoms with Gasteiger partial charge in [0.25, 0.3) is 0 Å². The highest BCUT2D eigenvalue weighted by Gasteiger charge is 2.18. The Labute approximate surface area is 139 Å². The Morgan fingerprint density at radius 2 is 1.76 bits per heavy atom. The maximum Gasteiger partial charge on any atom is 0.177 e. The summed E-state index contributed by atoms with van der Waals surface area (Å²) in [6.45, 7) is 0. The highest BCUT2D eigenvalue weighted by atomic mass is 79.9. The molecule has 0 aliphatic heterocycles. The summed E-state index contributed by atoms with van der Waals surface area (Å²) in [7, 11) is 0. The number of benzene rings is 2. The maximum atomic E-state index is 6.09. The molecule has 0 aliphatic carbocycles. The molecule has 0 saturated heterocycles. The van der Waals surface area contributed by atoms with Crippen molar-refractivity contribution < 1.29 is 4.52 Å². The normalized spacial score (nSPS) is 10.8. The first-order valence-electron chi connectivity index (χ1n) is 6.02. The molecule has 0 fully saturated rings. The Bertz CT molecular complexity index is 797. The minimum absolute atomic E-state index is 0.309. The van der Waals surface area contributed by atoms with Gasteiger partial charge in [0, 0.05) is 20.1 Å². The van der Waals surface area contributed by atoms with Gasteiger partial charge in [-0.2, -0.15) is 0 Å². The van der Waals surface area contributed by atoms with Crippen LogP contribution in [0.15, 0.2) is 51.5 Å². The van der Waals surface area contributed by atoms with E-state index in [0.29, 0.717) is 27.2 Å². The number of rotatable bonds is 2.